The summed E-state index contributed by atoms with van der Waals surface area (Å²) in [5, 5.41) is 13.3. The molecule has 2 heterocycles. The van der Waals surface area contributed by atoms with Crippen LogP contribution in [0.3, 0.4) is 0 Å². The summed E-state index contributed by atoms with van der Waals surface area (Å²) in [6.07, 6.45) is 3.53. The third-order valence-corrected chi connectivity index (χ3v) is 5.09. The van der Waals surface area contributed by atoms with Crippen molar-refractivity contribution in [2.24, 2.45) is 0 Å². The van der Waals surface area contributed by atoms with E-state index >= 15 is 0 Å². The fourth-order valence-electron chi connectivity index (χ4n) is 3.73. The summed E-state index contributed by atoms with van der Waals surface area (Å²) in [5.41, 5.74) is 2.14. The summed E-state index contributed by atoms with van der Waals surface area (Å²) >= 11 is 0. The van der Waals surface area contributed by atoms with Gasteiger partial charge in [-0.15, -0.1) is 0 Å². The molecule has 0 bridgehead atoms. The molecular formula is C19H23N5O2. The topological polar surface area (TPSA) is 81.6 Å². The molecule has 1 aliphatic carbocycles. The van der Waals surface area contributed by atoms with Crippen LogP contribution in [0.2, 0.25) is 0 Å². The van der Waals surface area contributed by atoms with E-state index in [0.717, 1.165) is 43.3 Å². The molecule has 4 rings (SSSR count). The number of aromatic nitrogens is 2. The molecule has 2 aliphatic rings. The van der Waals surface area contributed by atoms with Gasteiger partial charge in [-0.3, -0.25) is 9.69 Å². The number of fused-ring (bicyclic) bond motifs is 1. The van der Waals surface area contributed by atoms with Crippen LogP contribution in [-0.4, -0.2) is 64.7 Å². The van der Waals surface area contributed by atoms with Crippen LogP contribution in [0, 0.1) is 0 Å². The summed E-state index contributed by atoms with van der Waals surface area (Å²) in [4.78, 5) is 25.3. The maximum absolute atomic E-state index is 12.5. The first kappa shape index (κ1) is 16.9. The van der Waals surface area contributed by atoms with Crippen LogP contribution >= 0.6 is 0 Å². The van der Waals surface area contributed by atoms with Crippen molar-refractivity contribution >= 4 is 11.9 Å². The van der Waals surface area contributed by atoms with Crippen molar-refractivity contribution in [1.29, 1.82) is 0 Å². The third-order valence-electron chi connectivity index (χ3n) is 5.09. The Kier molecular flexibility index (Phi) is 4.81. The molecule has 0 radical (unpaired) electrons. The molecule has 1 aliphatic heterocycles. The number of nitrogens with one attached hydrogen (secondary N) is 1. The lowest BCUT2D eigenvalue weighted by atomic mass is 10.1. The van der Waals surface area contributed by atoms with Gasteiger partial charge in [-0.2, -0.15) is 0 Å². The maximum atomic E-state index is 12.5. The zero-order valence-corrected chi connectivity index (χ0v) is 14.6. The molecule has 0 unspecified atom stereocenters. The molecule has 26 heavy (non-hydrogen) atoms. The van der Waals surface area contributed by atoms with Gasteiger partial charge in [-0.25, -0.2) is 9.97 Å². The summed E-state index contributed by atoms with van der Waals surface area (Å²) in [5.74, 6) is 0.692. The number of carbonyl (C=O) groups is 1. The zero-order valence-electron chi connectivity index (χ0n) is 14.6. The Bertz CT molecular complexity index is 762. The number of carbonyl (C=O) groups excluding carboxylic acids is 1. The standard InChI is InChI=1S/C19H23N5O2/c25-16-12-14-4-1-2-5-15(14)18(16)22-17(26)13-23-8-10-24(11-9-23)19-20-6-3-7-21-19/h1-7,16,18,25H,8-13H2,(H,22,26)/t16-,18+/m0/s1. The van der Waals surface area contributed by atoms with Crippen molar-refractivity contribution in [1.82, 2.24) is 20.2 Å². The Balaban J connectivity index is 1.30. The van der Waals surface area contributed by atoms with E-state index in [1.165, 1.54) is 0 Å². The quantitative estimate of drug-likeness (QED) is 0.827. The molecule has 7 nitrogen and oxygen atoms in total. The van der Waals surface area contributed by atoms with Crippen molar-refractivity contribution < 1.29 is 9.90 Å². The Morgan fingerprint density at radius 3 is 2.62 bits per heavy atom. The van der Waals surface area contributed by atoms with Crippen molar-refractivity contribution in [3.05, 3.63) is 53.9 Å². The van der Waals surface area contributed by atoms with Gasteiger partial charge in [0, 0.05) is 45.0 Å². The van der Waals surface area contributed by atoms with Crippen LogP contribution in [-0.2, 0) is 11.2 Å². The van der Waals surface area contributed by atoms with Gasteiger partial charge in [0.05, 0.1) is 18.7 Å². The molecule has 2 atom stereocenters. The highest BCUT2D eigenvalue weighted by molar-refractivity contribution is 5.79. The Morgan fingerprint density at radius 2 is 1.85 bits per heavy atom. The van der Waals surface area contributed by atoms with Crippen LogP contribution in [0.25, 0.3) is 0 Å². The highest BCUT2D eigenvalue weighted by Crippen LogP contribution is 2.31. The summed E-state index contributed by atoms with van der Waals surface area (Å²) in [7, 11) is 0. The molecule has 1 amide bonds. The molecule has 0 spiro atoms. The van der Waals surface area contributed by atoms with Crippen molar-refractivity contribution in [2.45, 2.75) is 18.6 Å². The van der Waals surface area contributed by atoms with E-state index < -0.39 is 6.10 Å². The molecule has 0 saturated carbocycles. The molecule has 7 heteroatoms. The highest BCUT2D eigenvalue weighted by atomic mass is 16.3. The van der Waals surface area contributed by atoms with Crippen molar-refractivity contribution in [2.75, 3.05) is 37.6 Å². The van der Waals surface area contributed by atoms with Gasteiger partial charge in [0.2, 0.25) is 11.9 Å². The molecule has 1 fully saturated rings. The molecule has 2 aromatic rings. The molecule has 2 N–H and O–H groups in total. The van der Waals surface area contributed by atoms with Crippen molar-refractivity contribution in [3.63, 3.8) is 0 Å². The lowest BCUT2D eigenvalue weighted by molar-refractivity contribution is -0.123. The fraction of sp³-hybridized carbons (Fsp3) is 0.421. The minimum absolute atomic E-state index is 0.0461. The van der Waals surface area contributed by atoms with Gasteiger partial charge >= 0.3 is 0 Å². The van der Waals surface area contributed by atoms with E-state index in [1.807, 2.05) is 24.3 Å². The van der Waals surface area contributed by atoms with Crippen LogP contribution < -0.4 is 10.2 Å². The third kappa shape index (κ3) is 3.54. The lowest BCUT2D eigenvalue weighted by Gasteiger charge is -2.34. The van der Waals surface area contributed by atoms with Gasteiger partial charge in [-0.1, -0.05) is 24.3 Å². The van der Waals surface area contributed by atoms with Gasteiger partial charge in [0.1, 0.15) is 0 Å². The van der Waals surface area contributed by atoms with Gasteiger partial charge in [-0.05, 0) is 17.2 Å². The van der Waals surface area contributed by atoms with E-state index in [-0.39, 0.29) is 11.9 Å². The van der Waals surface area contributed by atoms with Crippen LogP contribution in [0.1, 0.15) is 17.2 Å². The molecule has 136 valence electrons. The number of anilines is 1. The summed E-state index contributed by atoms with van der Waals surface area (Å²) in [6.45, 7) is 3.51. The van der Waals surface area contributed by atoms with Crippen LogP contribution in [0.4, 0.5) is 5.95 Å². The number of rotatable bonds is 4. The Morgan fingerprint density at radius 1 is 1.12 bits per heavy atom. The van der Waals surface area contributed by atoms with Crippen LogP contribution in [0.15, 0.2) is 42.7 Å². The first-order chi connectivity index (χ1) is 12.7. The summed E-state index contributed by atoms with van der Waals surface area (Å²) in [6, 6.07) is 9.40. The number of aliphatic hydroxyl groups excluding tert-OH is 1. The predicted octanol–water partition coefficient (Wildman–Crippen LogP) is 0.373. The number of piperazine rings is 1. The van der Waals surface area contributed by atoms with E-state index in [1.54, 1.807) is 18.5 Å². The number of benzene rings is 1. The second-order valence-corrected chi connectivity index (χ2v) is 6.83. The average molecular weight is 353 g/mol. The van der Waals surface area contributed by atoms with Gasteiger partial charge < -0.3 is 15.3 Å². The number of hydrogen-bond donors (Lipinski definition) is 2. The first-order valence-electron chi connectivity index (χ1n) is 9.00. The number of aliphatic hydroxyl groups is 1. The minimum atomic E-state index is -0.552. The summed E-state index contributed by atoms with van der Waals surface area (Å²) < 4.78 is 0. The second-order valence-electron chi connectivity index (χ2n) is 6.83. The van der Waals surface area contributed by atoms with Crippen molar-refractivity contribution in [3.8, 4) is 0 Å². The van der Waals surface area contributed by atoms with Gasteiger partial charge in [0.25, 0.3) is 0 Å². The van der Waals surface area contributed by atoms with E-state index in [9.17, 15) is 9.90 Å². The predicted molar refractivity (Wildman–Crippen MR) is 97.7 cm³/mol. The molecule has 1 aromatic heterocycles. The molecule has 1 saturated heterocycles. The fourth-order valence-corrected chi connectivity index (χ4v) is 3.73. The largest absolute Gasteiger partial charge is 0.390 e. The van der Waals surface area contributed by atoms with E-state index in [4.69, 9.17) is 0 Å². The SMILES string of the molecule is O=C(CN1CCN(c2ncccn2)CC1)N[C@@H]1c2ccccc2C[C@@H]1O. The minimum Gasteiger partial charge on any atom is -0.390 e. The number of hydrogen-bond acceptors (Lipinski definition) is 6. The number of nitrogens with zero attached hydrogens (tertiary/aromatic N) is 4. The van der Waals surface area contributed by atoms with E-state index in [2.05, 4.69) is 25.1 Å². The number of amides is 1. The Hall–Kier alpha value is -2.51. The monoisotopic (exact) mass is 353 g/mol. The zero-order chi connectivity index (χ0) is 17.9. The lowest BCUT2D eigenvalue weighted by Crippen LogP contribution is -2.50. The highest BCUT2D eigenvalue weighted by Gasteiger charge is 2.32. The molecule has 1 aromatic carbocycles. The normalized spacial score (nSPS) is 22.9. The second kappa shape index (κ2) is 7.39. The molecular weight excluding hydrogens is 330 g/mol. The Labute approximate surface area is 152 Å². The van der Waals surface area contributed by atoms with E-state index in [0.29, 0.717) is 13.0 Å². The first-order valence-corrected chi connectivity index (χ1v) is 9.00. The maximum Gasteiger partial charge on any atom is 0.234 e. The average Bonchev–Trinajstić information content (AvgIpc) is 2.98. The van der Waals surface area contributed by atoms with Gasteiger partial charge in [0.15, 0.2) is 0 Å². The smallest absolute Gasteiger partial charge is 0.234 e. The van der Waals surface area contributed by atoms with Crippen LogP contribution in [0.5, 0.6) is 0 Å².